The van der Waals surface area contributed by atoms with E-state index in [9.17, 15) is 14.7 Å². The summed E-state index contributed by atoms with van der Waals surface area (Å²) in [4.78, 5) is 32.1. The molecule has 0 radical (unpaired) electrons. The topological polar surface area (TPSA) is 99.4 Å². The first-order valence-electron chi connectivity index (χ1n) is 11.7. The molecule has 10 heteroatoms. The minimum Gasteiger partial charge on any atom is -0.504 e. The lowest BCUT2D eigenvalue weighted by atomic mass is 9.95. The van der Waals surface area contributed by atoms with Crippen molar-refractivity contribution < 1.29 is 24.1 Å². The summed E-state index contributed by atoms with van der Waals surface area (Å²) in [5, 5.41) is 10.2. The summed E-state index contributed by atoms with van der Waals surface area (Å²) < 4.78 is 19.3. The quantitative estimate of drug-likeness (QED) is 0.313. The summed E-state index contributed by atoms with van der Waals surface area (Å²) >= 11 is 3.24. The molecule has 37 heavy (non-hydrogen) atoms. The van der Waals surface area contributed by atoms with Gasteiger partial charge in [0.1, 0.15) is 11.8 Å². The number of hydrogen-bond acceptors (Lipinski definition) is 8. The van der Waals surface area contributed by atoms with Crippen LogP contribution in [-0.4, -0.2) is 35.5 Å². The number of aromatic nitrogens is 1. The molecule has 1 N–H and O–H groups in total. The van der Waals surface area contributed by atoms with Crippen molar-refractivity contribution >= 4 is 46.0 Å². The standard InChI is InChI=1S/C27H27IN2O6S/c1-6-35-26(33)22-15(4)29-27-30(23(22)17-9-7-8-10-19(17)36-14(2)3)25(32)21(37-27)13-16-11-18(28)24(31)20(12-16)34-5/h7-14,23,31H,6H2,1-5H3/b21-13+. The molecule has 0 spiro atoms. The lowest BCUT2D eigenvalue weighted by Gasteiger charge is -2.26. The zero-order valence-corrected chi connectivity index (χ0v) is 24.0. The second kappa shape index (κ2) is 11.1. The van der Waals surface area contributed by atoms with Gasteiger partial charge in [-0.05, 0) is 80.1 Å². The Morgan fingerprint density at radius 1 is 1.27 bits per heavy atom. The number of nitrogens with zero attached hydrogens (tertiary/aromatic N) is 2. The van der Waals surface area contributed by atoms with Crippen molar-refractivity contribution in [1.82, 2.24) is 4.57 Å². The molecule has 0 saturated heterocycles. The van der Waals surface area contributed by atoms with Crippen LogP contribution in [0.5, 0.6) is 17.2 Å². The number of carbonyl (C=O) groups excluding carboxylic acids is 1. The number of allylic oxidation sites excluding steroid dienone is 1. The number of methoxy groups -OCH3 is 1. The maximum absolute atomic E-state index is 13.9. The Labute approximate surface area is 231 Å². The molecule has 4 rings (SSSR count). The van der Waals surface area contributed by atoms with Crippen LogP contribution in [0.3, 0.4) is 0 Å². The average molecular weight is 634 g/mol. The number of fused-ring (bicyclic) bond motifs is 1. The minimum absolute atomic E-state index is 0.0400. The number of benzene rings is 2. The van der Waals surface area contributed by atoms with E-state index >= 15 is 0 Å². The highest BCUT2D eigenvalue weighted by atomic mass is 127. The van der Waals surface area contributed by atoms with E-state index in [1.807, 2.05) is 60.7 Å². The average Bonchev–Trinajstić information content (AvgIpc) is 3.14. The van der Waals surface area contributed by atoms with E-state index in [-0.39, 0.29) is 24.0 Å². The number of phenols is 1. The van der Waals surface area contributed by atoms with E-state index < -0.39 is 12.0 Å². The smallest absolute Gasteiger partial charge is 0.338 e. The molecule has 194 valence electrons. The van der Waals surface area contributed by atoms with E-state index in [1.165, 1.54) is 23.0 Å². The second-order valence-corrected chi connectivity index (χ2v) is 10.7. The Kier molecular flexibility index (Phi) is 8.08. The summed E-state index contributed by atoms with van der Waals surface area (Å²) in [7, 11) is 1.47. The third-order valence-corrected chi connectivity index (χ3v) is 7.47. The zero-order valence-electron chi connectivity index (χ0n) is 21.1. The molecule has 3 aromatic rings. The van der Waals surface area contributed by atoms with Gasteiger partial charge in [-0.2, -0.15) is 0 Å². The third kappa shape index (κ3) is 5.30. The van der Waals surface area contributed by atoms with Gasteiger partial charge in [-0.15, -0.1) is 0 Å². The molecular formula is C27H27IN2O6S. The highest BCUT2D eigenvalue weighted by Crippen LogP contribution is 2.36. The van der Waals surface area contributed by atoms with E-state index in [1.54, 1.807) is 32.1 Å². The second-order valence-electron chi connectivity index (χ2n) is 8.56. The van der Waals surface area contributed by atoms with Gasteiger partial charge in [0.25, 0.3) is 5.56 Å². The van der Waals surface area contributed by atoms with Crippen LogP contribution in [0.1, 0.15) is 44.9 Å². The summed E-state index contributed by atoms with van der Waals surface area (Å²) in [6.07, 6.45) is 1.62. The first kappa shape index (κ1) is 26.9. The maximum atomic E-state index is 13.9. The first-order chi connectivity index (χ1) is 17.7. The molecule has 0 amide bonds. The molecule has 1 aromatic heterocycles. The van der Waals surface area contributed by atoms with Crippen molar-refractivity contribution in [1.29, 1.82) is 0 Å². The fraction of sp³-hybridized carbons (Fsp3) is 0.296. The number of thiazole rings is 1. The Hall–Kier alpha value is -3.12. The van der Waals surface area contributed by atoms with Crippen LogP contribution < -0.4 is 24.4 Å². The van der Waals surface area contributed by atoms with Gasteiger partial charge in [0.15, 0.2) is 16.3 Å². The lowest BCUT2D eigenvalue weighted by molar-refractivity contribution is -0.139. The van der Waals surface area contributed by atoms with Gasteiger partial charge in [-0.25, -0.2) is 9.79 Å². The molecule has 0 bridgehead atoms. The van der Waals surface area contributed by atoms with E-state index in [4.69, 9.17) is 14.2 Å². The van der Waals surface area contributed by atoms with Gasteiger partial charge in [-0.3, -0.25) is 9.36 Å². The van der Waals surface area contributed by atoms with Crippen LogP contribution >= 0.6 is 33.9 Å². The molecule has 0 saturated carbocycles. The number of esters is 1. The molecule has 0 fully saturated rings. The highest BCUT2D eigenvalue weighted by Gasteiger charge is 2.35. The molecule has 2 aromatic carbocycles. The van der Waals surface area contributed by atoms with Crippen molar-refractivity contribution in [3.8, 4) is 17.2 Å². The minimum atomic E-state index is -0.776. The molecule has 1 unspecified atom stereocenters. The number of rotatable bonds is 7. The Morgan fingerprint density at radius 2 is 2.00 bits per heavy atom. The van der Waals surface area contributed by atoms with Gasteiger partial charge in [0.05, 0.1) is 39.2 Å². The Morgan fingerprint density at radius 3 is 2.68 bits per heavy atom. The van der Waals surface area contributed by atoms with E-state index in [2.05, 4.69) is 4.99 Å². The van der Waals surface area contributed by atoms with Crippen molar-refractivity contribution in [2.24, 2.45) is 4.99 Å². The summed E-state index contributed by atoms with van der Waals surface area (Å²) in [6, 6.07) is 10.0. The fourth-order valence-electron chi connectivity index (χ4n) is 4.14. The fourth-order valence-corrected chi connectivity index (χ4v) is 5.81. The SMILES string of the molecule is CCOC(=O)C1=C(C)N=c2s/c(=C/c3cc(I)c(O)c(OC)c3)c(=O)n2C1c1ccccc1OC(C)C. The third-order valence-electron chi connectivity index (χ3n) is 5.66. The van der Waals surface area contributed by atoms with Crippen molar-refractivity contribution in [3.63, 3.8) is 0 Å². The molecule has 0 aliphatic carbocycles. The molecule has 1 aliphatic heterocycles. The zero-order chi connectivity index (χ0) is 26.9. The van der Waals surface area contributed by atoms with Crippen LogP contribution in [0.15, 0.2) is 57.5 Å². The number of hydrogen-bond donors (Lipinski definition) is 1. The van der Waals surface area contributed by atoms with Crippen LogP contribution in [0.4, 0.5) is 0 Å². The van der Waals surface area contributed by atoms with Crippen LogP contribution in [0, 0.1) is 3.57 Å². The number of para-hydroxylation sites is 1. The number of ether oxygens (including phenoxy) is 3. The lowest BCUT2D eigenvalue weighted by Crippen LogP contribution is -2.40. The van der Waals surface area contributed by atoms with Crippen LogP contribution in [-0.2, 0) is 9.53 Å². The van der Waals surface area contributed by atoms with Gasteiger partial charge < -0.3 is 19.3 Å². The predicted octanol–water partition coefficient (Wildman–Crippen LogP) is 3.90. The summed E-state index contributed by atoms with van der Waals surface area (Å²) in [5.41, 5.74) is 1.83. The number of carbonyl (C=O) groups is 1. The van der Waals surface area contributed by atoms with Crippen molar-refractivity contribution in [3.05, 3.63) is 82.1 Å². The van der Waals surface area contributed by atoms with Crippen molar-refractivity contribution in [2.75, 3.05) is 13.7 Å². The highest BCUT2D eigenvalue weighted by molar-refractivity contribution is 14.1. The number of phenolic OH excluding ortho intramolecular Hbond substituents is 1. The van der Waals surface area contributed by atoms with E-state index in [0.29, 0.717) is 46.8 Å². The maximum Gasteiger partial charge on any atom is 0.338 e. The summed E-state index contributed by atoms with van der Waals surface area (Å²) in [5.74, 6) is 0.397. The first-order valence-corrected chi connectivity index (χ1v) is 13.6. The monoisotopic (exact) mass is 634 g/mol. The van der Waals surface area contributed by atoms with Gasteiger partial charge in [0.2, 0.25) is 0 Å². The molecule has 2 heterocycles. The Balaban J connectivity index is 1.98. The molecule has 1 aliphatic rings. The van der Waals surface area contributed by atoms with Gasteiger partial charge in [-0.1, -0.05) is 29.5 Å². The molecular weight excluding hydrogens is 607 g/mol. The van der Waals surface area contributed by atoms with Gasteiger partial charge >= 0.3 is 5.97 Å². The normalized spacial score (nSPS) is 15.4. The number of halogens is 1. The van der Waals surface area contributed by atoms with Crippen LogP contribution in [0.2, 0.25) is 0 Å². The van der Waals surface area contributed by atoms with Crippen LogP contribution in [0.25, 0.3) is 6.08 Å². The number of aromatic hydroxyl groups is 1. The Bertz CT molecular complexity index is 1570. The summed E-state index contributed by atoms with van der Waals surface area (Å²) in [6.45, 7) is 7.51. The molecule has 1 atom stereocenters. The van der Waals surface area contributed by atoms with E-state index in [0.717, 1.165) is 0 Å². The van der Waals surface area contributed by atoms with Crippen molar-refractivity contribution in [2.45, 2.75) is 39.8 Å². The van der Waals surface area contributed by atoms with Gasteiger partial charge in [0, 0.05) is 5.56 Å². The largest absolute Gasteiger partial charge is 0.504 e. The predicted molar refractivity (Wildman–Crippen MR) is 150 cm³/mol. The molecule has 8 nitrogen and oxygen atoms in total.